The Morgan fingerprint density at radius 3 is 1.74 bits per heavy atom. The fourth-order valence-electron chi connectivity index (χ4n) is 2.07. The maximum absolute atomic E-state index is 4.70. The molecule has 0 aromatic carbocycles. The Kier molecular flexibility index (Phi) is 2.67. The maximum atomic E-state index is 4.70. The van der Waals surface area contributed by atoms with Gasteiger partial charge < -0.3 is 0 Å². The van der Waals surface area contributed by atoms with Crippen LogP contribution in [0.1, 0.15) is 5.56 Å². The summed E-state index contributed by atoms with van der Waals surface area (Å²) in [6.45, 7) is 2.08. The molecule has 3 heterocycles. The lowest BCUT2D eigenvalue weighted by Gasteiger charge is -1.99. The van der Waals surface area contributed by atoms with Crippen LogP contribution in [0, 0.1) is 6.92 Å². The summed E-state index contributed by atoms with van der Waals surface area (Å²) in [7, 11) is 4.00. The van der Waals surface area contributed by atoms with E-state index in [1.165, 1.54) is 5.56 Å². The van der Waals surface area contributed by atoms with E-state index in [2.05, 4.69) is 19.1 Å². The van der Waals surface area contributed by atoms with E-state index in [1.807, 2.05) is 69.8 Å². The van der Waals surface area contributed by atoms with Crippen molar-refractivity contribution < 1.29 is 9.13 Å². The van der Waals surface area contributed by atoms with Crippen molar-refractivity contribution in [2.45, 2.75) is 6.92 Å². The quantitative estimate of drug-likeness (QED) is 0.618. The highest BCUT2D eigenvalue weighted by atomic mass is 15.2. The van der Waals surface area contributed by atoms with Crippen LogP contribution in [0.25, 0.3) is 11.6 Å². The highest BCUT2D eigenvalue weighted by Gasteiger charge is 2.13. The van der Waals surface area contributed by atoms with Crippen molar-refractivity contribution in [2.75, 3.05) is 0 Å². The zero-order chi connectivity index (χ0) is 13.4. The van der Waals surface area contributed by atoms with Crippen LogP contribution in [0.2, 0.25) is 0 Å². The molecule has 96 valence electrons. The second-order valence-corrected chi connectivity index (χ2v) is 4.83. The van der Waals surface area contributed by atoms with E-state index >= 15 is 0 Å². The largest absolute Gasteiger partial charge is 0.272 e. The van der Waals surface area contributed by atoms with E-state index in [0.29, 0.717) is 0 Å². The van der Waals surface area contributed by atoms with E-state index in [1.54, 1.807) is 0 Å². The Labute approximate surface area is 112 Å². The van der Waals surface area contributed by atoms with Gasteiger partial charge in [-0.1, -0.05) is 4.98 Å². The first-order chi connectivity index (χ1) is 9.11. The SMILES string of the molecule is Cc1cc(-[n+]2ccn(C)c2)nc(-[n+]2ccn(C)c2)c1. The van der Waals surface area contributed by atoms with Gasteiger partial charge >= 0.3 is 0 Å². The molecule has 0 spiro atoms. The Morgan fingerprint density at radius 1 is 0.895 bits per heavy atom. The third kappa shape index (κ3) is 2.27. The Bertz CT molecular complexity index is 665. The Balaban J connectivity index is 2.10. The van der Waals surface area contributed by atoms with Gasteiger partial charge in [-0.15, -0.1) is 0 Å². The van der Waals surface area contributed by atoms with E-state index < -0.39 is 0 Å². The monoisotopic (exact) mass is 255 g/mol. The molecule has 0 aliphatic carbocycles. The summed E-state index contributed by atoms with van der Waals surface area (Å²) in [5.74, 6) is 1.85. The van der Waals surface area contributed by atoms with Gasteiger partial charge in [-0.05, 0) is 12.5 Å². The third-order valence-corrected chi connectivity index (χ3v) is 3.01. The Hall–Kier alpha value is -2.43. The van der Waals surface area contributed by atoms with Crippen LogP contribution in [0.4, 0.5) is 0 Å². The number of hydrogen-bond donors (Lipinski definition) is 0. The molecule has 5 nitrogen and oxygen atoms in total. The average molecular weight is 255 g/mol. The molecule has 5 heteroatoms. The number of pyridine rings is 1. The highest BCUT2D eigenvalue weighted by Crippen LogP contribution is 2.05. The maximum Gasteiger partial charge on any atom is 0.271 e. The minimum Gasteiger partial charge on any atom is -0.272 e. The summed E-state index contributed by atoms with van der Waals surface area (Å²) >= 11 is 0. The summed E-state index contributed by atoms with van der Waals surface area (Å²) in [4.78, 5) is 4.70. The van der Waals surface area contributed by atoms with Gasteiger partial charge in [0.15, 0.2) is 12.7 Å². The summed E-state index contributed by atoms with van der Waals surface area (Å²) in [5.41, 5.74) is 1.19. The molecule has 0 aliphatic heterocycles. The summed E-state index contributed by atoms with van der Waals surface area (Å²) in [5, 5.41) is 0. The standard InChI is InChI=1S/C14H17N5/c1-12-8-13(18-6-4-16(2)10-18)15-14(9-12)19-7-5-17(3)11-19/h4-11H,1-3H3/q+2. The lowest BCUT2D eigenvalue weighted by molar-refractivity contribution is -0.611. The zero-order valence-electron chi connectivity index (χ0n) is 11.4. The summed E-state index contributed by atoms with van der Waals surface area (Å²) in [6, 6.07) is 4.15. The average Bonchev–Trinajstić information content (AvgIpc) is 2.97. The van der Waals surface area contributed by atoms with Crippen LogP contribution in [-0.2, 0) is 14.1 Å². The zero-order valence-corrected chi connectivity index (χ0v) is 11.4. The van der Waals surface area contributed by atoms with Crippen LogP contribution < -0.4 is 9.13 Å². The Morgan fingerprint density at radius 2 is 1.37 bits per heavy atom. The third-order valence-electron chi connectivity index (χ3n) is 3.01. The number of aryl methyl sites for hydroxylation is 3. The molecule has 0 atom stereocenters. The molecular formula is C14H17N5+2. The van der Waals surface area contributed by atoms with E-state index in [-0.39, 0.29) is 0 Å². The minimum atomic E-state index is 0.923. The van der Waals surface area contributed by atoms with Crippen LogP contribution in [0.15, 0.2) is 49.6 Å². The number of hydrogen-bond acceptors (Lipinski definition) is 1. The fourth-order valence-corrected chi connectivity index (χ4v) is 2.07. The molecule has 0 N–H and O–H groups in total. The van der Waals surface area contributed by atoms with Crippen LogP contribution in [0.3, 0.4) is 0 Å². The molecule has 3 aromatic rings. The molecule has 0 bridgehead atoms. The molecule has 0 aliphatic rings. The molecule has 3 rings (SSSR count). The smallest absolute Gasteiger partial charge is 0.271 e. The van der Waals surface area contributed by atoms with Crippen LogP contribution in [-0.4, -0.2) is 14.1 Å². The number of imidazole rings is 2. The predicted octanol–water partition coefficient (Wildman–Crippen LogP) is 0.620. The molecule has 0 saturated carbocycles. The highest BCUT2D eigenvalue weighted by molar-refractivity contribution is 5.27. The lowest BCUT2D eigenvalue weighted by atomic mass is 10.3. The van der Waals surface area contributed by atoms with Crippen molar-refractivity contribution in [1.29, 1.82) is 0 Å². The first-order valence-electron chi connectivity index (χ1n) is 6.18. The molecular weight excluding hydrogens is 238 g/mol. The van der Waals surface area contributed by atoms with Gasteiger partial charge in [0.1, 0.15) is 12.4 Å². The van der Waals surface area contributed by atoms with Gasteiger partial charge in [-0.2, -0.15) is 0 Å². The number of aromatic nitrogens is 5. The predicted molar refractivity (Wildman–Crippen MR) is 70.0 cm³/mol. The molecule has 0 amide bonds. The van der Waals surface area contributed by atoms with Crippen molar-refractivity contribution in [3.05, 3.63) is 55.1 Å². The van der Waals surface area contributed by atoms with Crippen molar-refractivity contribution in [3.8, 4) is 11.6 Å². The molecule has 0 radical (unpaired) electrons. The van der Waals surface area contributed by atoms with E-state index in [0.717, 1.165) is 11.6 Å². The number of nitrogens with zero attached hydrogens (tertiary/aromatic N) is 5. The van der Waals surface area contributed by atoms with Gasteiger partial charge in [-0.25, -0.2) is 9.13 Å². The molecule has 19 heavy (non-hydrogen) atoms. The van der Waals surface area contributed by atoms with Crippen molar-refractivity contribution in [1.82, 2.24) is 14.1 Å². The molecule has 3 aromatic heterocycles. The van der Waals surface area contributed by atoms with Crippen LogP contribution >= 0.6 is 0 Å². The molecule has 0 saturated heterocycles. The number of rotatable bonds is 2. The second-order valence-electron chi connectivity index (χ2n) is 4.83. The van der Waals surface area contributed by atoms with Crippen molar-refractivity contribution >= 4 is 0 Å². The molecule has 0 unspecified atom stereocenters. The van der Waals surface area contributed by atoms with Crippen molar-refractivity contribution in [2.24, 2.45) is 14.1 Å². The fraction of sp³-hybridized carbons (Fsp3) is 0.214. The molecule has 0 fully saturated rings. The minimum absolute atomic E-state index is 0.923. The van der Waals surface area contributed by atoms with E-state index in [4.69, 9.17) is 4.98 Å². The summed E-state index contributed by atoms with van der Waals surface area (Å²) in [6.07, 6.45) is 12.0. The summed E-state index contributed by atoms with van der Waals surface area (Å²) < 4.78 is 8.03. The first-order valence-corrected chi connectivity index (χ1v) is 6.18. The van der Waals surface area contributed by atoms with Gasteiger partial charge in [-0.3, -0.25) is 9.13 Å². The normalized spacial score (nSPS) is 10.9. The van der Waals surface area contributed by atoms with Gasteiger partial charge in [0, 0.05) is 12.1 Å². The van der Waals surface area contributed by atoms with Gasteiger partial charge in [0.2, 0.25) is 0 Å². The van der Waals surface area contributed by atoms with E-state index in [9.17, 15) is 0 Å². The lowest BCUT2D eigenvalue weighted by Crippen LogP contribution is -2.34. The van der Waals surface area contributed by atoms with Gasteiger partial charge in [0.25, 0.3) is 11.6 Å². The van der Waals surface area contributed by atoms with Gasteiger partial charge in [0.05, 0.1) is 26.5 Å². The first kappa shape index (κ1) is 11.6. The topological polar surface area (TPSA) is 30.5 Å². The van der Waals surface area contributed by atoms with Crippen LogP contribution in [0.5, 0.6) is 0 Å². The van der Waals surface area contributed by atoms with Crippen molar-refractivity contribution in [3.63, 3.8) is 0 Å². The second kappa shape index (κ2) is 4.35.